The zero-order valence-electron chi connectivity index (χ0n) is 12.6. The third kappa shape index (κ3) is 3.94. The topological polar surface area (TPSA) is 32.5 Å². The SMILES string of the molecule is Cc1cc(CN2CCN(Cc3ccc(F)cc3Br)CC2)no1. The lowest BCUT2D eigenvalue weighted by molar-refractivity contribution is 0.120. The summed E-state index contributed by atoms with van der Waals surface area (Å²) in [6.07, 6.45) is 0. The number of benzene rings is 1. The second-order valence-corrected chi connectivity index (χ2v) is 6.57. The van der Waals surface area contributed by atoms with Gasteiger partial charge in [-0.25, -0.2) is 4.39 Å². The molecular weight excluding hydrogens is 349 g/mol. The molecule has 0 unspecified atom stereocenters. The van der Waals surface area contributed by atoms with Gasteiger partial charge in [0.25, 0.3) is 0 Å². The van der Waals surface area contributed by atoms with E-state index in [0.29, 0.717) is 0 Å². The zero-order valence-corrected chi connectivity index (χ0v) is 14.1. The summed E-state index contributed by atoms with van der Waals surface area (Å²) in [5.41, 5.74) is 2.12. The van der Waals surface area contributed by atoms with Crippen LogP contribution in [0, 0.1) is 12.7 Å². The maximum Gasteiger partial charge on any atom is 0.133 e. The summed E-state index contributed by atoms with van der Waals surface area (Å²) in [6, 6.07) is 6.88. The minimum absolute atomic E-state index is 0.205. The van der Waals surface area contributed by atoms with Gasteiger partial charge in [0.2, 0.25) is 0 Å². The Morgan fingerprint density at radius 3 is 2.41 bits per heavy atom. The van der Waals surface area contributed by atoms with Gasteiger partial charge in [0, 0.05) is 49.8 Å². The molecule has 1 aliphatic rings. The molecule has 118 valence electrons. The van der Waals surface area contributed by atoms with Crippen molar-refractivity contribution in [1.82, 2.24) is 15.0 Å². The lowest BCUT2D eigenvalue weighted by atomic mass is 10.2. The Hall–Kier alpha value is -1.24. The van der Waals surface area contributed by atoms with Gasteiger partial charge in [-0.1, -0.05) is 27.2 Å². The largest absolute Gasteiger partial charge is 0.361 e. The Kier molecular flexibility index (Phi) is 4.90. The molecule has 0 amide bonds. The van der Waals surface area contributed by atoms with E-state index in [0.717, 1.165) is 60.8 Å². The normalized spacial score (nSPS) is 17.0. The molecule has 4 nitrogen and oxygen atoms in total. The first-order chi connectivity index (χ1) is 10.6. The van der Waals surface area contributed by atoms with Crippen molar-refractivity contribution in [2.24, 2.45) is 0 Å². The molecule has 1 aliphatic heterocycles. The van der Waals surface area contributed by atoms with Crippen LogP contribution in [-0.4, -0.2) is 41.1 Å². The van der Waals surface area contributed by atoms with Crippen molar-refractivity contribution >= 4 is 15.9 Å². The van der Waals surface area contributed by atoms with Gasteiger partial charge in [0.15, 0.2) is 0 Å². The predicted octanol–water partition coefficient (Wildman–Crippen LogP) is 3.20. The fraction of sp³-hybridized carbons (Fsp3) is 0.438. The van der Waals surface area contributed by atoms with E-state index in [4.69, 9.17) is 4.52 Å². The summed E-state index contributed by atoms with van der Waals surface area (Å²) >= 11 is 3.44. The average molecular weight is 368 g/mol. The molecule has 6 heteroatoms. The van der Waals surface area contributed by atoms with Crippen molar-refractivity contribution in [1.29, 1.82) is 0 Å². The maximum absolute atomic E-state index is 13.1. The van der Waals surface area contributed by atoms with Crippen molar-refractivity contribution in [2.45, 2.75) is 20.0 Å². The smallest absolute Gasteiger partial charge is 0.133 e. The Morgan fingerprint density at radius 1 is 1.14 bits per heavy atom. The number of aromatic nitrogens is 1. The van der Waals surface area contributed by atoms with Gasteiger partial charge < -0.3 is 4.52 Å². The van der Waals surface area contributed by atoms with E-state index in [1.54, 1.807) is 0 Å². The maximum atomic E-state index is 13.1. The molecular formula is C16H19BrFN3O. The van der Waals surface area contributed by atoms with Crippen molar-refractivity contribution in [3.8, 4) is 0 Å². The summed E-state index contributed by atoms with van der Waals surface area (Å²) in [5, 5.41) is 4.04. The summed E-state index contributed by atoms with van der Waals surface area (Å²) in [4.78, 5) is 4.77. The molecule has 1 aromatic carbocycles. The van der Waals surface area contributed by atoms with Gasteiger partial charge in [-0.15, -0.1) is 0 Å². The van der Waals surface area contributed by atoms with Gasteiger partial charge in [-0.3, -0.25) is 9.80 Å². The molecule has 0 radical (unpaired) electrons. The molecule has 0 aliphatic carbocycles. The van der Waals surface area contributed by atoms with Gasteiger partial charge in [-0.05, 0) is 24.6 Å². The molecule has 3 rings (SSSR count). The number of halogens is 2. The standard InChI is InChI=1S/C16H19BrFN3O/c1-12-8-15(19-22-12)11-21-6-4-20(5-7-21)10-13-2-3-14(18)9-16(13)17/h2-3,8-9H,4-7,10-11H2,1H3. The van der Waals surface area contributed by atoms with Crippen LogP contribution in [0.2, 0.25) is 0 Å². The van der Waals surface area contributed by atoms with E-state index in [1.165, 1.54) is 12.1 Å². The highest BCUT2D eigenvalue weighted by Gasteiger charge is 2.18. The molecule has 2 aromatic rings. The van der Waals surface area contributed by atoms with E-state index in [9.17, 15) is 4.39 Å². The third-order valence-corrected chi connectivity index (χ3v) is 4.67. The molecule has 2 heterocycles. The van der Waals surface area contributed by atoms with E-state index >= 15 is 0 Å². The molecule has 0 bridgehead atoms. The van der Waals surface area contributed by atoms with Crippen LogP contribution < -0.4 is 0 Å². The molecule has 1 saturated heterocycles. The van der Waals surface area contributed by atoms with Crippen LogP contribution in [0.4, 0.5) is 4.39 Å². The first kappa shape index (κ1) is 15.6. The lowest BCUT2D eigenvalue weighted by Gasteiger charge is -2.34. The molecule has 0 atom stereocenters. The summed E-state index contributed by atoms with van der Waals surface area (Å²) in [7, 11) is 0. The van der Waals surface area contributed by atoms with Crippen molar-refractivity contribution < 1.29 is 8.91 Å². The van der Waals surface area contributed by atoms with Crippen molar-refractivity contribution in [2.75, 3.05) is 26.2 Å². The fourth-order valence-corrected chi connectivity index (χ4v) is 3.19. The Morgan fingerprint density at radius 2 is 1.82 bits per heavy atom. The number of aryl methyl sites for hydroxylation is 1. The monoisotopic (exact) mass is 367 g/mol. The molecule has 0 saturated carbocycles. The Balaban J connectivity index is 1.51. The average Bonchev–Trinajstić information content (AvgIpc) is 2.89. The van der Waals surface area contributed by atoms with Gasteiger partial charge in [-0.2, -0.15) is 0 Å². The van der Waals surface area contributed by atoms with Crippen LogP contribution >= 0.6 is 15.9 Å². The van der Waals surface area contributed by atoms with E-state index in [-0.39, 0.29) is 5.82 Å². The lowest BCUT2D eigenvalue weighted by Crippen LogP contribution is -2.45. The van der Waals surface area contributed by atoms with Crippen molar-refractivity contribution in [3.63, 3.8) is 0 Å². The summed E-state index contributed by atoms with van der Waals surface area (Å²) in [5.74, 6) is 0.651. The van der Waals surface area contributed by atoms with Crippen LogP contribution in [0.3, 0.4) is 0 Å². The number of rotatable bonds is 4. The van der Waals surface area contributed by atoms with Crippen LogP contribution in [0.1, 0.15) is 17.0 Å². The third-order valence-electron chi connectivity index (χ3n) is 3.94. The van der Waals surface area contributed by atoms with Gasteiger partial charge >= 0.3 is 0 Å². The van der Waals surface area contributed by atoms with Crippen molar-refractivity contribution in [3.05, 3.63) is 51.6 Å². The number of hydrogen-bond donors (Lipinski definition) is 0. The molecule has 0 N–H and O–H groups in total. The van der Waals surface area contributed by atoms with Gasteiger partial charge in [0.05, 0.1) is 5.69 Å². The molecule has 0 spiro atoms. The summed E-state index contributed by atoms with van der Waals surface area (Å²) in [6.45, 7) is 7.61. The van der Waals surface area contributed by atoms with E-state index < -0.39 is 0 Å². The molecule has 22 heavy (non-hydrogen) atoms. The number of hydrogen-bond acceptors (Lipinski definition) is 4. The number of piperazine rings is 1. The highest BCUT2D eigenvalue weighted by Crippen LogP contribution is 2.20. The Labute approximate surface area is 138 Å². The first-order valence-electron chi connectivity index (χ1n) is 7.41. The molecule has 1 aromatic heterocycles. The van der Waals surface area contributed by atoms with Crippen LogP contribution in [0.15, 0.2) is 33.3 Å². The first-order valence-corrected chi connectivity index (χ1v) is 8.20. The minimum Gasteiger partial charge on any atom is -0.361 e. The second kappa shape index (κ2) is 6.89. The fourth-order valence-electron chi connectivity index (χ4n) is 2.72. The van der Waals surface area contributed by atoms with Crippen LogP contribution in [0.5, 0.6) is 0 Å². The highest BCUT2D eigenvalue weighted by molar-refractivity contribution is 9.10. The zero-order chi connectivity index (χ0) is 15.5. The molecule has 1 fully saturated rings. The number of nitrogens with zero attached hydrogens (tertiary/aromatic N) is 3. The highest BCUT2D eigenvalue weighted by atomic mass is 79.9. The summed E-state index contributed by atoms with van der Waals surface area (Å²) < 4.78 is 19.1. The van der Waals surface area contributed by atoms with E-state index in [1.807, 2.05) is 19.1 Å². The predicted molar refractivity (Wildman–Crippen MR) is 85.9 cm³/mol. The van der Waals surface area contributed by atoms with E-state index in [2.05, 4.69) is 30.9 Å². The minimum atomic E-state index is -0.205. The second-order valence-electron chi connectivity index (χ2n) is 5.72. The quantitative estimate of drug-likeness (QED) is 0.830. The van der Waals surface area contributed by atoms with Crippen LogP contribution in [0.25, 0.3) is 0 Å². The van der Waals surface area contributed by atoms with Crippen LogP contribution in [-0.2, 0) is 13.1 Å². The van der Waals surface area contributed by atoms with Gasteiger partial charge in [0.1, 0.15) is 11.6 Å². The Bertz CT molecular complexity index is 638.